The first-order chi connectivity index (χ1) is 9.52. The second-order valence-corrected chi connectivity index (χ2v) is 5.08. The van der Waals surface area contributed by atoms with Crippen molar-refractivity contribution in [1.29, 1.82) is 0 Å². The Morgan fingerprint density at radius 3 is 2.95 bits per heavy atom. The quantitative estimate of drug-likeness (QED) is 0.831. The Balaban J connectivity index is 1.86. The van der Waals surface area contributed by atoms with Crippen LogP contribution < -0.4 is 16.0 Å². The second kappa shape index (κ2) is 4.56. The van der Waals surface area contributed by atoms with Crippen molar-refractivity contribution in [3.05, 3.63) is 35.2 Å². The number of amides is 1. The van der Waals surface area contributed by atoms with Crippen molar-refractivity contribution in [1.82, 2.24) is 5.16 Å². The molecule has 2 aromatic rings. The van der Waals surface area contributed by atoms with Crippen molar-refractivity contribution in [3.63, 3.8) is 0 Å². The topological polar surface area (TPSA) is 84.4 Å². The molecule has 1 aromatic carbocycles. The first kappa shape index (κ1) is 12.5. The van der Waals surface area contributed by atoms with Gasteiger partial charge in [0.15, 0.2) is 0 Å². The van der Waals surface area contributed by atoms with Gasteiger partial charge in [-0.3, -0.25) is 4.79 Å². The Morgan fingerprint density at radius 1 is 1.45 bits per heavy atom. The molecule has 0 fully saturated rings. The zero-order valence-electron chi connectivity index (χ0n) is 11.4. The lowest BCUT2D eigenvalue weighted by molar-refractivity contribution is -0.115. The Bertz CT molecular complexity index is 678. The van der Waals surface area contributed by atoms with E-state index < -0.39 is 0 Å². The van der Waals surface area contributed by atoms with E-state index in [0.717, 1.165) is 28.4 Å². The summed E-state index contributed by atoms with van der Waals surface area (Å²) in [6, 6.07) is 5.65. The molecule has 0 saturated heterocycles. The van der Waals surface area contributed by atoms with Crippen LogP contribution in [0.3, 0.4) is 0 Å². The van der Waals surface area contributed by atoms with Crippen LogP contribution in [0.2, 0.25) is 0 Å². The minimum absolute atomic E-state index is 0.00586. The first-order valence-corrected chi connectivity index (χ1v) is 6.38. The SMILES string of the molecule is Cc1cc(CN(C)c2cc3c(cc2N)CC(=O)N3)no1. The van der Waals surface area contributed by atoms with Gasteiger partial charge in [0.25, 0.3) is 0 Å². The molecule has 0 unspecified atom stereocenters. The van der Waals surface area contributed by atoms with E-state index in [1.54, 1.807) is 0 Å². The Labute approximate surface area is 116 Å². The molecule has 0 atom stereocenters. The van der Waals surface area contributed by atoms with Crippen molar-refractivity contribution in [2.75, 3.05) is 23.0 Å². The molecule has 1 aliphatic heterocycles. The zero-order chi connectivity index (χ0) is 14.3. The number of hydrogen-bond acceptors (Lipinski definition) is 5. The maximum absolute atomic E-state index is 11.4. The number of aryl methyl sites for hydroxylation is 1. The van der Waals surface area contributed by atoms with E-state index in [-0.39, 0.29) is 5.91 Å². The number of nitrogens with one attached hydrogen (secondary N) is 1. The number of fused-ring (bicyclic) bond motifs is 1. The van der Waals surface area contributed by atoms with Gasteiger partial charge in [0.1, 0.15) is 11.5 Å². The molecule has 1 aliphatic rings. The average Bonchev–Trinajstić information content (AvgIpc) is 2.93. The summed E-state index contributed by atoms with van der Waals surface area (Å²) in [6.07, 6.45) is 0.395. The summed E-state index contributed by atoms with van der Waals surface area (Å²) in [4.78, 5) is 13.4. The molecule has 0 radical (unpaired) electrons. The lowest BCUT2D eigenvalue weighted by atomic mass is 10.1. The third-order valence-corrected chi connectivity index (χ3v) is 3.36. The van der Waals surface area contributed by atoms with Crippen LogP contribution in [0.1, 0.15) is 17.0 Å². The summed E-state index contributed by atoms with van der Waals surface area (Å²) in [7, 11) is 1.93. The molecule has 6 heteroatoms. The van der Waals surface area contributed by atoms with Gasteiger partial charge in [0, 0.05) is 18.8 Å². The van der Waals surface area contributed by atoms with Crippen molar-refractivity contribution in [2.45, 2.75) is 19.9 Å². The number of aromatic nitrogens is 1. The van der Waals surface area contributed by atoms with Gasteiger partial charge in [0.05, 0.1) is 24.3 Å². The molecular weight excluding hydrogens is 256 g/mol. The van der Waals surface area contributed by atoms with Gasteiger partial charge in [-0.05, 0) is 24.6 Å². The number of nitrogen functional groups attached to an aromatic ring is 1. The Kier molecular flexibility index (Phi) is 2.85. The van der Waals surface area contributed by atoms with Crippen LogP contribution in [-0.4, -0.2) is 18.1 Å². The van der Waals surface area contributed by atoms with Gasteiger partial charge in [-0.15, -0.1) is 0 Å². The number of carbonyl (C=O) groups excluding carboxylic acids is 1. The highest BCUT2D eigenvalue weighted by molar-refractivity contribution is 6.00. The van der Waals surface area contributed by atoms with Crippen molar-refractivity contribution in [2.24, 2.45) is 0 Å². The highest BCUT2D eigenvalue weighted by atomic mass is 16.5. The van der Waals surface area contributed by atoms with Crippen molar-refractivity contribution >= 4 is 23.0 Å². The van der Waals surface area contributed by atoms with Gasteiger partial charge in [-0.2, -0.15) is 0 Å². The third-order valence-electron chi connectivity index (χ3n) is 3.36. The van der Waals surface area contributed by atoms with Crippen molar-refractivity contribution in [3.8, 4) is 0 Å². The maximum atomic E-state index is 11.4. The van der Waals surface area contributed by atoms with E-state index in [1.807, 2.05) is 37.1 Å². The fourth-order valence-electron chi connectivity index (χ4n) is 2.43. The number of anilines is 3. The fraction of sp³-hybridized carbons (Fsp3) is 0.286. The van der Waals surface area contributed by atoms with E-state index in [1.165, 1.54) is 0 Å². The van der Waals surface area contributed by atoms with Gasteiger partial charge in [-0.1, -0.05) is 5.16 Å². The van der Waals surface area contributed by atoms with E-state index in [9.17, 15) is 4.79 Å². The molecule has 20 heavy (non-hydrogen) atoms. The molecule has 104 valence electrons. The molecule has 2 heterocycles. The van der Waals surface area contributed by atoms with Crippen LogP contribution in [-0.2, 0) is 17.8 Å². The standard InChI is InChI=1S/C14H16N4O2/c1-8-3-10(17-20-8)7-18(2)13-6-12-9(4-11(13)15)5-14(19)16-12/h3-4,6H,5,7,15H2,1-2H3,(H,16,19). The molecule has 6 nitrogen and oxygen atoms in total. The molecule has 0 saturated carbocycles. The van der Waals surface area contributed by atoms with Crippen LogP contribution in [0, 0.1) is 6.92 Å². The number of benzene rings is 1. The number of rotatable bonds is 3. The smallest absolute Gasteiger partial charge is 0.228 e. The summed E-state index contributed by atoms with van der Waals surface area (Å²) in [5, 5.41) is 6.80. The summed E-state index contributed by atoms with van der Waals surface area (Å²) in [5.41, 5.74) is 10.2. The summed E-state index contributed by atoms with van der Waals surface area (Å²) < 4.78 is 5.05. The van der Waals surface area contributed by atoms with Crippen LogP contribution >= 0.6 is 0 Å². The highest BCUT2D eigenvalue weighted by Gasteiger charge is 2.20. The molecule has 0 aliphatic carbocycles. The molecule has 3 N–H and O–H groups in total. The van der Waals surface area contributed by atoms with Crippen molar-refractivity contribution < 1.29 is 9.32 Å². The monoisotopic (exact) mass is 272 g/mol. The Hall–Kier alpha value is -2.50. The molecule has 0 spiro atoms. The lowest BCUT2D eigenvalue weighted by Crippen LogP contribution is -2.18. The van der Waals surface area contributed by atoms with E-state index in [2.05, 4.69) is 10.5 Å². The van der Waals surface area contributed by atoms with Gasteiger partial charge in [-0.25, -0.2) is 0 Å². The van der Waals surface area contributed by atoms with Crippen LogP contribution in [0.15, 0.2) is 22.7 Å². The second-order valence-electron chi connectivity index (χ2n) is 5.08. The summed E-state index contributed by atoms with van der Waals surface area (Å²) in [5.74, 6) is 0.786. The normalized spacial score (nSPS) is 13.2. The number of nitrogens with two attached hydrogens (primary N) is 1. The first-order valence-electron chi connectivity index (χ1n) is 6.38. The van der Waals surface area contributed by atoms with Gasteiger partial charge >= 0.3 is 0 Å². The summed E-state index contributed by atoms with van der Waals surface area (Å²) in [6.45, 7) is 2.45. The minimum atomic E-state index is 0.00586. The summed E-state index contributed by atoms with van der Waals surface area (Å²) >= 11 is 0. The number of carbonyl (C=O) groups is 1. The maximum Gasteiger partial charge on any atom is 0.228 e. The van der Waals surface area contributed by atoms with E-state index >= 15 is 0 Å². The highest BCUT2D eigenvalue weighted by Crippen LogP contribution is 2.33. The van der Waals surface area contributed by atoms with Gasteiger partial charge in [0.2, 0.25) is 5.91 Å². The largest absolute Gasteiger partial charge is 0.397 e. The molecule has 0 bridgehead atoms. The average molecular weight is 272 g/mol. The molecule has 3 rings (SSSR count). The Morgan fingerprint density at radius 2 is 2.25 bits per heavy atom. The fourth-order valence-corrected chi connectivity index (χ4v) is 2.43. The van der Waals surface area contributed by atoms with E-state index in [0.29, 0.717) is 18.7 Å². The van der Waals surface area contributed by atoms with Gasteiger partial charge < -0.3 is 20.5 Å². The predicted molar refractivity (Wildman–Crippen MR) is 76.5 cm³/mol. The lowest BCUT2D eigenvalue weighted by Gasteiger charge is -2.20. The molecular formula is C14H16N4O2. The predicted octanol–water partition coefficient (Wildman–Crippen LogP) is 1.70. The molecule has 1 amide bonds. The number of nitrogens with zero attached hydrogens (tertiary/aromatic N) is 2. The minimum Gasteiger partial charge on any atom is -0.397 e. The van der Waals surface area contributed by atoms with Crippen LogP contribution in [0.5, 0.6) is 0 Å². The number of hydrogen-bond donors (Lipinski definition) is 2. The van der Waals surface area contributed by atoms with E-state index in [4.69, 9.17) is 10.3 Å². The van der Waals surface area contributed by atoms with Crippen LogP contribution in [0.25, 0.3) is 0 Å². The van der Waals surface area contributed by atoms with Crippen LogP contribution in [0.4, 0.5) is 17.1 Å². The third kappa shape index (κ3) is 2.20. The molecule has 1 aromatic heterocycles. The zero-order valence-corrected chi connectivity index (χ0v) is 11.4.